The Hall–Kier alpha value is -1.81. The Morgan fingerprint density at radius 3 is 1.53 bits per heavy atom. The van der Waals surface area contributed by atoms with Crippen molar-refractivity contribution in [1.29, 1.82) is 0 Å². The summed E-state index contributed by atoms with van der Waals surface area (Å²) in [7, 11) is -4.62. The van der Waals surface area contributed by atoms with Gasteiger partial charge in [-0.3, -0.25) is 18.6 Å². The van der Waals surface area contributed by atoms with Gasteiger partial charge in [0.05, 0.1) is 19.8 Å². The standard InChI is InChI=1S/C44H81O10P/c1-3-5-7-9-11-13-15-17-19-20-22-23-25-27-29-31-33-35-43(47)51-39-42(40-53-55(49,50)52-38-41(46)37-45)54-44(48)36-34-32-30-28-26-24-21-18-16-14-12-10-8-6-4-2/h10,12,22-23,27,29,41-42,45-46H,3-9,11,13-21,24-26,28,30-40H2,1-2H3,(H,49,50)/b12-10+,23-22+,29-27+/t41-,42+/m0/s1. The van der Waals surface area contributed by atoms with Gasteiger partial charge in [0.15, 0.2) is 6.10 Å². The van der Waals surface area contributed by atoms with E-state index in [0.29, 0.717) is 12.8 Å². The van der Waals surface area contributed by atoms with Gasteiger partial charge in [0.25, 0.3) is 0 Å². The lowest BCUT2D eigenvalue weighted by atomic mass is 10.1. The van der Waals surface area contributed by atoms with Crippen molar-refractivity contribution in [3.05, 3.63) is 36.5 Å². The van der Waals surface area contributed by atoms with Crippen molar-refractivity contribution >= 4 is 19.8 Å². The highest BCUT2D eigenvalue weighted by molar-refractivity contribution is 7.47. The number of phosphoric acid groups is 1. The molecule has 0 heterocycles. The largest absolute Gasteiger partial charge is 0.472 e. The zero-order valence-electron chi connectivity index (χ0n) is 34.9. The van der Waals surface area contributed by atoms with E-state index >= 15 is 0 Å². The Labute approximate surface area is 335 Å². The van der Waals surface area contributed by atoms with E-state index in [9.17, 15) is 24.2 Å². The van der Waals surface area contributed by atoms with E-state index in [2.05, 4.69) is 54.8 Å². The molecule has 3 N–H and O–H groups in total. The monoisotopic (exact) mass is 801 g/mol. The van der Waals surface area contributed by atoms with Gasteiger partial charge in [-0.15, -0.1) is 0 Å². The molecule has 55 heavy (non-hydrogen) atoms. The van der Waals surface area contributed by atoms with Crippen LogP contribution in [-0.2, 0) is 32.7 Å². The van der Waals surface area contributed by atoms with Crippen molar-refractivity contribution in [3.8, 4) is 0 Å². The fraction of sp³-hybridized carbons (Fsp3) is 0.818. The molecular weight excluding hydrogens is 719 g/mol. The zero-order chi connectivity index (χ0) is 40.5. The maximum atomic E-state index is 12.6. The topological polar surface area (TPSA) is 149 Å². The third-order valence-electron chi connectivity index (χ3n) is 9.27. The minimum absolute atomic E-state index is 0.174. The maximum Gasteiger partial charge on any atom is 0.472 e. The van der Waals surface area contributed by atoms with Crippen LogP contribution < -0.4 is 0 Å². The smallest absolute Gasteiger partial charge is 0.462 e. The van der Waals surface area contributed by atoms with E-state index in [4.69, 9.17) is 19.1 Å². The highest BCUT2D eigenvalue weighted by atomic mass is 31.2. The molecule has 0 bridgehead atoms. The second-order valence-corrected chi connectivity index (χ2v) is 16.2. The van der Waals surface area contributed by atoms with Crippen molar-refractivity contribution < 1.29 is 47.8 Å². The molecule has 0 amide bonds. The van der Waals surface area contributed by atoms with Crippen LogP contribution in [0, 0.1) is 0 Å². The van der Waals surface area contributed by atoms with Crippen molar-refractivity contribution in [2.75, 3.05) is 26.4 Å². The fourth-order valence-corrected chi connectivity index (χ4v) is 6.63. The Morgan fingerprint density at radius 1 is 0.545 bits per heavy atom. The fourth-order valence-electron chi connectivity index (χ4n) is 5.84. The quantitative estimate of drug-likeness (QED) is 0.0236. The van der Waals surface area contributed by atoms with Crippen molar-refractivity contribution in [1.82, 2.24) is 0 Å². The van der Waals surface area contributed by atoms with E-state index in [1.807, 2.05) is 0 Å². The number of carbonyl (C=O) groups is 2. The van der Waals surface area contributed by atoms with Gasteiger partial charge in [0.2, 0.25) is 0 Å². The SMILES string of the molecule is CCCC/C=C/CCCCCCCCCCCC(=O)O[C@H](COC(=O)CCC/C=C/C/C=C/CCCCCCCCCCC)COP(=O)(O)OC[C@@H](O)CO. The number of hydrogen-bond donors (Lipinski definition) is 3. The van der Waals surface area contributed by atoms with Crippen LogP contribution >= 0.6 is 7.82 Å². The maximum absolute atomic E-state index is 12.6. The Bertz CT molecular complexity index is 1010. The van der Waals surface area contributed by atoms with Crippen LogP contribution in [0.4, 0.5) is 0 Å². The van der Waals surface area contributed by atoms with Gasteiger partial charge in [-0.2, -0.15) is 0 Å². The van der Waals surface area contributed by atoms with Gasteiger partial charge in [-0.05, 0) is 57.8 Å². The molecule has 0 aromatic carbocycles. The predicted octanol–water partition coefficient (Wildman–Crippen LogP) is 11.6. The summed E-state index contributed by atoms with van der Waals surface area (Å²) in [6.07, 6.45) is 41.2. The van der Waals surface area contributed by atoms with Crippen LogP contribution in [0.5, 0.6) is 0 Å². The van der Waals surface area contributed by atoms with E-state index in [1.54, 1.807) is 0 Å². The van der Waals surface area contributed by atoms with Crippen LogP contribution in [-0.4, -0.2) is 65.7 Å². The minimum Gasteiger partial charge on any atom is -0.462 e. The van der Waals surface area contributed by atoms with Gasteiger partial charge in [0, 0.05) is 12.8 Å². The molecule has 0 fully saturated rings. The zero-order valence-corrected chi connectivity index (χ0v) is 35.8. The summed E-state index contributed by atoms with van der Waals surface area (Å²) in [5.74, 6) is -0.978. The van der Waals surface area contributed by atoms with Crippen LogP contribution in [0.3, 0.4) is 0 Å². The average Bonchev–Trinajstić information content (AvgIpc) is 3.17. The molecule has 0 aliphatic carbocycles. The summed E-state index contributed by atoms with van der Waals surface area (Å²) >= 11 is 0. The molecule has 1 unspecified atom stereocenters. The summed E-state index contributed by atoms with van der Waals surface area (Å²) in [6.45, 7) is 2.31. The number of phosphoric ester groups is 1. The molecule has 11 heteroatoms. The van der Waals surface area contributed by atoms with Crippen LogP contribution in [0.25, 0.3) is 0 Å². The second-order valence-electron chi connectivity index (χ2n) is 14.7. The number of carbonyl (C=O) groups excluding carboxylic acids is 2. The highest BCUT2D eigenvalue weighted by Gasteiger charge is 2.27. The van der Waals surface area contributed by atoms with Crippen LogP contribution in [0.15, 0.2) is 36.5 Å². The third-order valence-corrected chi connectivity index (χ3v) is 10.2. The van der Waals surface area contributed by atoms with Crippen LogP contribution in [0.2, 0.25) is 0 Å². The van der Waals surface area contributed by atoms with Gasteiger partial charge in [0.1, 0.15) is 12.7 Å². The molecule has 322 valence electrons. The molecule has 0 rings (SSSR count). The summed E-state index contributed by atoms with van der Waals surface area (Å²) in [6, 6.07) is 0. The number of hydrogen-bond acceptors (Lipinski definition) is 9. The number of rotatable bonds is 41. The van der Waals surface area contributed by atoms with E-state index in [-0.39, 0.29) is 19.4 Å². The number of unbranched alkanes of at least 4 members (excludes halogenated alkanes) is 21. The first-order chi connectivity index (χ1) is 26.7. The van der Waals surface area contributed by atoms with Crippen molar-refractivity contribution in [2.24, 2.45) is 0 Å². The Morgan fingerprint density at radius 2 is 0.982 bits per heavy atom. The van der Waals surface area contributed by atoms with Crippen LogP contribution in [0.1, 0.15) is 194 Å². The number of esters is 2. The second kappa shape index (κ2) is 40.4. The summed E-state index contributed by atoms with van der Waals surface area (Å²) in [5, 5.41) is 18.3. The molecule has 0 spiro atoms. The number of ether oxygens (including phenoxy) is 2. The Balaban J connectivity index is 4.34. The molecule has 3 atom stereocenters. The lowest BCUT2D eigenvalue weighted by Crippen LogP contribution is -2.29. The molecule has 0 aromatic heterocycles. The molecule has 0 aliphatic heterocycles. The predicted molar refractivity (Wildman–Crippen MR) is 224 cm³/mol. The number of allylic oxidation sites excluding steroid dienone is 6. The van der Waals surface area contributed by atoms with E-state index < -0.39 is 51.8 Å². The van der Waals surface area contributed by atoms with E-state index in [1.165, 1.54) is 116 Å². The van der Waals surface area contributed by atoms with E-state index in [0.717, 1.165) is 38.5 Å². The minimum atomic E-state index is -4.62. The lowest BCUT2D eigenvalue weighted by Gasteiger charge is -2.20. The average molecular weight is 801 g/mol. The third kappa shape index (κ3) is 40.2. The Kier molecular flexibility index (Phi) is 39.1. The number of aliphatic hydroxyl groups excluding tert-OH is 2. The molecule has 10 nitrogen and oxygen atoms in total. The summed E-state index contributed by atoms with van der Waals surface area (Å²) < 4.78 is 32.7. The lowest BCUT2D eigenvalue weighted by molar-refractivity contribution is -0.161. The first kappa shape index (κ1) is 53.2. The number of aliphatic hydroxyl groups is 2. The van der Waals surface area contributed by atoms with Gasteiger partial charge < -0.3 is 24.6 Å². The first-order valence-electron chi connectivity index (χ1n) is 21.9. The van der Waals surface area contributed by atoms with Gasteiger partial charge in [-0.1, -0.05) is 159 Å². The van der Waals surface area contributed by atoms with Gasteiger partial charge >= 0.3 is 19.8 Å². The molecule has 0 aliphatic rings. The summed E-state index contributed by atoms with van der Waals surface area (Å²) in [4.78, 5) is 35.0. The molecule has 0 saturated heterocycles. The van der Waals surface area contributed by atoms with Crippen molar-refractivity contribution in [3.63, 3.8) is 0 Å². The normalized spacial score (nSPS) is 14.2. The first-order valence-corrected chi connectivity index (χ1v) is 23.4. The van der Waals surface area contributed by atoms with Crippen molar-refractivity contribution in [2.45, 2.75) is 206 Å². The summed E-state index contributed by atoms with van der Waals surface area (Å²) in [5.41, 5.74) is 0. The molecule has 0 saturated carbocycles. The van der Waals surface area contributed by atoms with Gasteiger partial charge in [-0.25, -0.2) is 4.57 Å². The molecular formula is C44H81O10P. The highest BCUT2D eigenvalue weighted by Crippen LogP contribution is 2.43. The molecule has 0 aromatic rings. The molecule has 0 radical (unpaired) electrons.